The molecule has 0 spiro atoms. The molecule has 2 aromatic rings. The van der Waals surface area contributed by atoms with E-state index in [1.165, 1.54) is 11.1 Å². The van der Waals surface area contributed by atoms with Gasteiger partial charge in [-0.05, 0) is 42.5 Å². The smallest absolute Gasteiger partial charge is 0.220 e. The summed E-state index contributed by atoms with van der Waals surface area (Å²) in [6.07, 6.45) is 5.09. The van der Waals surface area contributed by atoms with Gasteiger partial charge in [-0.3, -0.25) is 9.69 Å². The lowest BCUT2D eigenvalue weighted by Gasteiger charge is -2.32. The third kappa shape index (κ3) is 5.83. The zero-order valence-corrected chi connectivity index (χ0v) is 15.1. The van der Waals surface area contributed by atoms with Crippen LogP contribution in [-0.4, -0.2) is 34.9 Å². The molecule has 0 saturated carbocycles. The third-order valence-electron chi connectivity index (χ3n) is 4.63. The normalized spacial score (nSPS) is 15.9. The molecule has 132 valence electrons. The maximum absolute atomic E-state index is 12.1. The molecule has 0 bridgehead atoms. The van der Waals surface area contributed by atoms with E-state index in [4.69, 9.17) is 11.6 Å². The Hall–Kier alpha value is -1.91. The number of nitrogens with one attached hydrogen (secondary N) is 1. The molecular weight excluding hydrogens is 334 g/mol. The van der Waals surface area contributed by atoms with Crippen molar-refractivity contribution in [1.82, 2.24) is 15.2 Å². The summed E-state index contributed by atoms with van der Waals surface area (Å²) < 4.78 is 0. The van der Waals surface area contributed by atoms with E-state index in [-0.39, 0.29) is 5.91 Å². The molecular formula is C20H24ClN3O. The highest BCUT2D eigenvalue weighted by atomic mass is 35.5. The molecule has 25 heavy (non-hydrogen) atoms. The number of likely N-dealkylation sites (tertiary alicyclic amines) is 1. The molecule has 1 N–H and O–H groups in total. The molecule has 1 aliphatic rings. The predicted octanol–water partition coefficient (Wildman–Crippen LogP) is 3.45. The maximum atomic E-state index is 12.1. The molecule has 1 saturated heterocycles. The van der Waals surface area contributed by atoms with Crippen LogP contribution in [0.25, 0.3) is 0 Å². The van der Waals surface area contributed by atoms with Crippen molar-refractivity contribution in [1.29, 1.82) is 0 Å². The first-order valence-corrected chi connectivity index (χ1v) is 9.23. The van der Waals surface area contributed by atoms with E-state index in [0.717, 1.165) is 38.9 Å². The Balaban J connectivity index is 1.38. The van der Waals surface area contributed by atoms with Crippen molar-refractivity contribution in [2.45, 2.75) is 38.3 Å². The van der Waals surface area contributed by atoms with Crippen LogP contribution in [0.4, 0.5) is 0 Å². The summed E-state index contributed by atoms with van der Waals surface area (Å²) in [5.41, 5.74) is 2.40. The average molecular weight is 358 g/mol. The van der Waals surface area contributed by atoms with Gasteiger partial charge in [-0.1, -0.05) is 41.9 Å². The highest BCUT2D eigenvalue weighted by Gasteiger charge is 2.20. The lowest BCUT2D eigenvalue weighted by molar-refractivity contribution is -0.122. The van der Waals surface area contributed by atoms with Crippen LogP contribution in [0.15, 0.2) is 48.7 Å². The van der Waals surface area contributed by atoms with Crippen LogP contribution in [0.3, 0.4) is 0 Å². The van der Waals surface area contributed by atoms with Crippen LogP contribution in [0, 0.1) is 0 Å². The Kier molecular flexibility index (Phi) is 6.42. The van der Waals surface area contributed by atoms with E-state index < -0.39 is 0 Å². The molecule has 0 aliphatic carbocycles. The molecule has 4 nitrogen and oxygen atoms in total. The van der Waals surface area contributed by atoms with Crippen LogP contribution in [-0.2, 0) is 17.8 Å². The van der Waals surface area contributed by atoms with Crippen LogP contribution in [0.1, 0.15) is 30.4 Å². The monoisotopic (exact) mass is 357 g/mol. The van der Waals surface area contributed by atoms with Crippen LogP contribution < -0.4 is 5.32 Å². The molecule has 1 aromatic heterocycles. The quantitative estimate of drug-likeness (QED) is 0.805. The van der Waals surface area contributed by atoms with E-state index in [1.54, 1.807) is 6.20 Å². The fourth-order valence-electron chi connectivity index (χ4n) is 3.24. The molecule has 0 radical (unpaired) electrons. The van der Waals surface area contributed by atoms with Gasteiger partial charge in [0.2, 0.25) is 5.91 Å². The first kappa shape index (κ1) is 17.9. The predicted molar refractivity (Wildman–Crippen MR) is 100 cm³/mol. The minimum atomic E-state index is 0.156. The van der Waals surface area contributed by atoms with Gasteiger partial charge in [-0.2, -0.15) is 0 Å². The van der Waals surface area contributed by atoms with Gasteiger partial charge in [-0.25, -0.2) is 4.98 Å². The summed E-state index contributed by atoms with van der Waals surface area (Å²) in [4.78, 5) is 18.6. The fraction of sp³-hybridized carbons (Fsp3) is 0.400. The molecule has 1 fully saturated rings. The third-order valence-corrected chi connectivity index (χ3v) is 4.84. The molecule has 2 heterocycles. The minimum absolute atomic E-state index is 0.156. The van der Waals surface area contributed by atoms with E-state index in [1.807, 2.05) is 30.3 Å². The molecule has 1 aromatic carbocycles. The van der Waals surface area contributed by atoms with E-state index in [0.29, 0.717) is 17.6 Å². The Morgan fingerprint density at radius 1 is 1.16 bits per heavy atom. The van der Waals surface area contributed by atoms with Crippen molar-refractivity contribution in [2.24, 2.45) is 0 Å². The lowest BCUT2D eigenvalue weighted by Crippen LogP contribution is -2.44. The van der Waals surface area contributed by atoms with Gasteiger partial charge in [0.05, 0.1) is 0 Å². The standard InChI is InChI=1S/C20H24ClN3O/c21-19-14-17(8-11-22-19)15-24-12-9-18(10-13-24)23-20(25)7-6-16-4-2-1-3-5-16/h1-5,8,11,14,18H,6-7,9-10,12-13,15H2,(H,23,25). The number of pyridine rings is 1. The molecule has 1 amide bonds. The van der Waals surface area contributed by atoms with Gasteiger partial charge in [-0.15, -0.1) is 0 Å². The van der Waals surface area contributed by atoms with Crippen molar-refractivity contribution < 1.29 is 4.79 Å². The van der Waals surface area contributed by atoms with Gasteiger partial charge in [0, 0.05) is 38.3 Å². The Labute approximate surface area is 154 Å². The van der Waals surface area contributed by atoms with Crippen LogP contribution in [0.2, 0.25) is 5.15 Å². The second-order valence-corrected chi connectivity index (χ2v) is 6.98. The fourth-order valence-corrected chi connectivity index (χ4v) is 3.43. The zero-order valence-electron chi connectivity index (χ0n) is 14.3. The van der Waals surface area contributed by atoms with Crippen LogP contribution >= 0.6 is 11.6 Å². The van der Waals surface area contributed by atoms with E-state index in [9.17, 15) is 4.79 Å². The van der Waals surface area contributed by atoms with Gasteiger partial charge in [0.15, 0.2) is 0 Å². The topological polar surface area (TPSA) is 45.2 Å². The summed E-state index contributed by atoms with van der Waals surface area (Å²) >= 11 is 5.94. The van der Waals surface area contributed by atoms with Gasteiger partial charge in [0.25, 0.3) is 0 Å². The molecule has 0 unspecified atom stereocenters. The maximum Gasteiger partial charge on any atom is 0.220 e. The number of carbonyl (C=O) groups excluding carboxylic acids is 1. The number of rotatable bonds is 6. The Morgan fingerprint density at radius 2 is 1.92 bits per heavy atom. The first-order valence-electron chi connectivity index (χ1n) is 8.85. The number of aromatic nitrogens is 1. The molecule has 5 heteroatoms. The summed E-state index contributed by atoms with van der Waals surface area (Å²) in [5.74, 6) is 0.156. The number of benzene rings is 1. The highest BCUT2D eigenvalue weighted by molar-refractivity contribution is 6.29. The van der Waals surface area contributed by atoms with Crippen molar-refractivity contribution in [3.05, 3.63) is 64.9 Å². The second-order valence-electron chi connectivity index (χ2n) is 6.59. The number of hydrogen-bond acceptors (Lipinski definition) is 3. The van der Waals surface area contributed by atoms with Gasteiger partial charge in [0.1, 0.15) is 5.15 Å². The number of aryl methyl sites for hydroxylation is 1. The lowest BCUT2D eigenvalue weighted by atomic mass is 10.0. The molecule has 3 rings (SSSR count). The van der Waals surface area contributed by atoms with Crippen LogP contribution in [0.5, 0.6) is 0 Å². The largest absolute Gasteiger partial charge is 0.353 e. The number of hydrogen-bond donors (Lipinski definition) is 1. The summed E-state index contributed by atoms with van der Waals surface area (Å²) in [6, 6.07) is 14.4. The summed E-state index contributed by atoms with van der Waals surface area (Å²) in [5, 5.41) is 3.73. The highest BCUT2D eigenvalue weighted by Crippen LogP contribution is 2.15. The molecule has 0 atom stereocenters. The Bertz CT molecular complexity index is 684. The number of amides is 1. The Morgan fingerprint density at radius 3 is 2.64 bits per heavy atom. The number of nitrogens with zero attached hydrogens (tertiary/aromatic N) is 2. The van der Waals surface area contributed by atoms with Crippen molar-refractivity contribution >= 4 is 17.5 Å². The summed E-state index contributed by atoms with van der Waals surface area (Å²) in [7, 11) is 0. The SMILES string of the molecule is O=C(CCc1ccccc1)NC1CCN(Cc2ccnc(Cl)c2)CC1. The second kappa shape index (κ2) is 8.97. The van der Waals surface area contributed by atoms with Gasteiger partial charge < -0.3 is 5.32 Å². The summed E-state index contributed by atoms with van der Waals surface area (Å²) in [6.45, 7) is 2.87. The first-order chi connectivity index (χ1) is 12.2. The number of piperidine rings is 1. The number of halogens is 1. The number of carbonyl (C=O) groups is 1. The van der Waals surface area contributed by atoms with Crippen molar-refractivity contribution in [2.75, 3.05) is 13.1 Å². The van der Waals surface area contributed by atoms with E-state index in [2.05, 4.69) is 27.3 Å². The molecule has 1 aliphatic heterocycles. The zero-order chi connectivity index (χ0) is 17.5. The average Bonchev–Trinajstić information content (AvgIpc) is 2.63. The van der Waals surface area contributed by atoms with E-state index >= 15 is 0 Å². The van der Waals surface area contributed by atoms with Crippen molar-refractivity contribution in [3.8, 4) is 0 Å². The van der Waals surface area contributed by atoms with Gasteiger partial charge >= 0.3 is 0 Å². The van der Waals surface area contributed by atoms with Crippen molar-refractivity contribution in [3.63, 3.8) is 0 Å². The minimum Gasteiger partial charge on any atom is -0.353 e.